The van der Waals surface area contributed by atoms with Gasteiger partial charge in [-0.25, -0.2) is 19.2 Å². The fourth-order valence-corrected chi connectivity index (χ4v) is 3.89. The second-order valence-electron chi connectivity index (χ2n) is 7.45. The number of carbonyl (C=O) groups is 1. The molecule has 0 spiro atoms. The predicted molar refractivity (Wildman–Crippen MR) is 123 cm³/mol. The number of benzene rings is 2. The summed E-state index contributed by atoms with van der Waals surface area (Å²) in [4.78, 5) is 27.1. The first kappa shape index (κ1) is 21.4. The summed E-state index contributed by atoms with van der Waals surface area (Å²) in [5.41, 5.74) is 8.97. The Labute approximate surface area is 186 Å². The Balaban J connectivity index is 1.55. The first-order chi connectivity index (χ1) is 15.5. The largest absolute Gasteiger partial charge is 0.465 e. The molecule has 8 nitrogen and oxygen atoms in total. The number of rotatable bonds is 5. The van der Waals surface area contributed by atoms with Crippen molar-refractivity contribution in [3.63, 3.8) is 0 Å². The summed E-state index contributed by atoms with van der Waals surface area (Å²) in [6.07, 6.45) is 1.48. The molecule has 9 heteroatoms. The predicted octanol–water partition coefficient (Wildman–Crippen LogP) is 3.08. The van der Waals surface area contributed by atoms with Crippen LogP contribution in [0.25, 0.3) is 0 Å². The lowest BCUT2D eigenvalue weighted by Crippen LogP contribution is -2.47. The summed E-state index contributed by atoms with van der Waals surface area (Å²) in [5.74, 6) is 0.479. The third kappa shape index (κ3) is 4.14. The number of nitrogen functional groups attached to an aromatic ring is 1. The molecular weight excluding hydrogens is 411 g/mol. The second-order valence-corrected chi connectivity index (χ2v) is 7.45. The van der Waals surface area contributed by atoms with Gasteiger partial charge in [0.2, 0.25) is 0 Å². The van der Waals surface area contributed by atoms with Crippen LogP contribution in [0.2, 0.25) is 0 Å². The van der Waals surface area contributed by atoms with E-state index in [9.17, 15) is 9.18 Å². The molecule has 1 aromatic heterocycles. The van der Waals surface area contributed by atoms with Crippen LogP contribution in [0.1, 0.15) is 10.4 Å². The van der Waals surface area contributed by atoms with Gasteiger partial charge in [0.15, 0.2) is 11.6 Å². The molecule has 3 aromatic rings. The Morgan fingerprint density at radius 1 is 1.03 bits per heavy atom. The van der Waals surface area contributed by atoms with E-state index in [1.54, 1.807) is 36.2 Å². The minimum atomic E-state index is -0.433. The molecular formula is C23H25FN6O2. The van der Waals surface area contributed by atoms with Crippen LogP contribution in [0.15, 0.2) is 54.9 Å². The van der Waals surface area contributed by atoms with E-state index >= 15 is 0 Å². The minimum Gasteiger partial charge on any atom is -0.465 e. The number of aromatic nitrogens is 2. The molecule has 1 aliphatic heterocycles. The first-order valence-electron chi connectivity index (χ1n) is 10.3. The number of methoxy groups -OCH3 is 1. The van der Waals surface area contributed by atoms with Gasteiger partial charge in [0.25, 0.3) is 0 Å². The Kier molecular flexibility index (Phi) is 6.07. The number of esters is 1. The third-order valence-electron chi connectivity index (χ3n) is 5.60. The molecule has 1 fully saturated rings. The van der Waals surface area contributed by atoms with Gasteiger partial charge in [0, 0.05) is 38.9 Å². The average Bonchev–Trinajstić information content (AvgIpc) is 2.84. The van der Waals surface area contributed by atoms with Gasteiger partial charge in [0.05, 0.1) is 18.4 Å². The summed E-state index contributed by atoms with van der Waals surface area (Å²) in [6, 6.07) is 13.6. The molecule has 1 aliphatic rings. The molecule has 166 valence electrons. The van der Waals surface area contributed by atoms with Crippen LogP contribution in [0.5, 0.6) is 0 Å². The standard InChI is InChI=1S/C23H25FN6O2/c1-28(19-6-4-3-5-18(19)23(31)32-2)21-20(25)22(27-15-26-21)30-13-11-29(12-14-30)17-9-7-16(24)8-10-17/h3-10,15H,11-14,25H2,1-2H3. The number of ether oxygens (including phenoxy) is 1. The molecule has 0 amide bonds. The molecule has 2 aromatic carbocycles. The Hall–Kier alpha value is -3.88. The van der Waals surface area contributed by atoms with Crippen LogP contribution in [-0.2, 0) is 4.74 Å². The van der Waals surface area contributed by atoms with Crippen molar-refractivity contribution in [2.24, 2.45) is 0 Å². The summed E-state index contributed by atoms with van der Waals surface area (Å²) in [7, 11) is 3.15. The van der Waals surface area contributed by atoms with Gasteiger partial charge < -0.3 is 25.2 Å². The summed E-state index contributed by atoms with van der Waals surface area (Å²) >= 11 is 0. The number of hydrogen-bond donors (Lipinski definition) is 1. The van der Waals surface area contributed by atoms with Gasteiger partial charge in [-0.2, -0.15) is 0 Å². The van der Waals surface area contributed by atoms with Gasteiger partial charge in [0.1, 0.15) is 17.8 Å². The van der Waals surface area contributed by atoms with Gasteiger partial charge in [-0.1, -0.05) is 12.1 Å². The SMILES string of the molecule is COC(=O)c1ccccc1N(C)c1ncnc(N2CCN(c3ccc(F)cc3)CC2)c1N. The van der Waals surface area contributed by atoms with Gasteiger partial charge >= 0.3 is 5.97 Å². The third-order valence-corrected chi connectivity index (χ3v) is 5.60. The zero-order valence-corrected chi connectivity index (χ0v) is 18.0. The topological polar surface area (TPSA) is 87.8 Å². The van der Waals surface area contributed by atoms with Crippen molar-refractivity contribution in [3.8, 4) is 0 Å². The van der Waals surface area contributed by atoms with Crippen molar-refractivity contribution in [3.05, 3.63) is 66.2 Å². The van der Waals surface area contributed by atoms with Gasteiger partial charge in [-0.05, 0) is 36.4 Å². The number of nitrogens with two attached hydrogens (primary N) is 1. The maximum Gasteiger partial charge on any atom is 0.339 e. The summed E-state index contributed by atoms with van der Waals surface area (Å²) in [6.45, 7) is 2.93. The van der Waals surface area contributed by atoms with Crippen LogP contribution < -0.4 is 20.4 Å². The zero-order chi connectivity index (χ0) is 22.7. The smallest absolute Gasteiger partial charge is 0.339 e. The highest BCUT2D eigenvalue weighted by Crippen LogP contribution is 2.34. The second kappa shape index (κ2) is 9.09. The Morgan fingerprint density at radius 2 is 1.69 bits per heavy atom. The van der Waals surface area contributed by atoms with Crippen molar-refractivity contribution in [2.75, 3.05) is 60.8 Å². The van der Waals surface area contributed by atoms with E-state index in [2.05, 4.69) is 19.8 Å². The lowest BCUT2D eigenvalue weighted by Gasteiger charge is -2.37. The van der Waals surface area contributed by atoms with Crippen molar-refractivity contribution in [2.45, 2.75) is 0 Å². The first-order valence-corrected chi connectivity index (χ1v) is 10.3. The van der Waals surface area contributed by atoms with Gasteiger partial charge in [-0.15, -0.1) is 0 Å². The number of halogens is 1. The fraction of sp³-hybridized carbons (Fsp3) is 0.261. The highest BCUT2D eigenvalue weighted by molar-refractivity contribution is 5.97. The van der Waals surface area contributed by atoms with Crippen molar-refractivity contribution >= 4 is 34.7 Å². The van der Waals surface area contributed by atoms with Crippen LogP contribution in [-0.4, -0.2) is 56.3 Å². The van der Waals surface area contributed by atoms with E-state index in [0.29, 0.717) is 41.7 Å². The van der Waals surface area contributed by atoms with E-state index in [4.69, 9.17) is 10.5 Å². The van der Waals surface area contributed by atoms with E-state index < -0.39 is 5.97 Å². The van der Waals surface area contributed by atoms with Crippen molar-refractivity contribution < 1.29 is 13.9 Å². The molecule has 1 saturated heterocycles. The molecule has 32 heavy (non-hydrogen) atoms. The van der Waals surface area contributed by atoms with Crippen LogP contribution in [0, 0.1) is 5.82 Å². The molecule has 0 atom stereocenters. The highest BCUT2D eigenvalue weighted by atomic mass is 19.1. The molecule has 0 radical (unpaired) electrons. The fourth-order valence-electron chi connectivity index (χ4n) is 3.89. The molecule has 2 N–H and O–H groups in total. The molecule has 0 unspecified atom stereocenters. The maximum atomic E-state index is 13.2. The van der Waals surface area contributed by atoms with Crippen LogP contribution in [0.3, 0.4) is 0 Å². The van der Waals surface area contributed by atoms with Gasteiger partial charge in [-0.3, -0.25) is 0 Å². The van der Waals surface area contributed by atoms with Crippen LogP contribution >= 0.6 is 0 Å². The highest BCUT2D eigenvalue weighted by Gasteiger charge is 2.24. The monoisotopic (exact) mass is 436 g/mol. The van der Waals surface area contributed by atoms with E-state index in [-0.39, 0.29) is 5.82 Å². The number of carbonyl (C=O) groups excluding carboxylic acids is 1. The molecule has 2 heterocycles. The summed E-state index contributed by atoms with van der Waals surface area (Å²) in [5, 5.41) is 0. The minimum absolute atomic E-state index is 0.244. The van der Waals surface area contributed by atoms with Crippen molar-refractivity contribution in [1.29, 1.82) is 0 Å². The summed E-state index contributed by atoms with van der Waals surface area (Å²) < 4.78 is 18.1. The quantitative estimate of drug-likeness (QED) is 0.611. The lowest BCUT2D eigenvalue weighted by atomic mass is 10.1. The number of para-hydroxylation sites is 1. The van der Waals surface area contributed by atoms with E-state index in [1.165, 1.54) is 25.6 Å². The zero-order valence-electron chi connectivity index (χ0n) is 18.0. The average molecular weight is 436 g/mol. The molecule has 0 bridgehead atoms. The number of nitrogens with zero attached hydrogens (tertiary/aromatic N) is 5. The molecule has 0 saturated carbocycles. The number of hydrogen-bond acceptors (Lipinski definition) is 8. The van der Waals surface area contributed by atoms with E-state index in [0.717, 1.165) is 18.8 Å². The maximum absolute atomic E-state index is 13.2. The Morgan fingerprint density at radius 3 is 2.38 bits per heavy atom. The van der Waals surface area contributed by atoms with E-state index in [1.807, 2.05) is 12.1 Å². The normalized spacial score (nSPS) is 13.7. The molecule has 4 rings (SSSR count). The number of piperazine rings is 1. The molecule has 0 aliphatic carbocycles. The van der Waals surface area contributed by atoms with Crippen molar-refractivity contribution in [1.82, 2.24) is 9.97 Å². The lowest BCUT2D eigenvalue weighted by molar-refractivity contribution is 0.0601. The van der Waals surface area contributed by atoms with Crippen LogP contribution in [0.4, 0.5) is 33.1 Å². The Bertz CT molecular complexity index is 1100. The number of anilines is 5.